The van der Waals surface area contributed by atoms with E-state index in [4.69, 9.17) is 26.6 Å². The zero-order valence-electron chi connectivity index (χ0n) is 10.7. The Morgan fingerprint density at radius 1 is 1.47 bits per heavy atom. The molecular formula is C13H16ClN3O2. The van der Waals surface area contributed by atoms with Gasteiger partial charge in [-0.2, -0.15) is 4.98 Å². The Labute approximate surface area is 116 Å². The topological polar surface area (TPSA) is 74.2 Å². The third kappa shape index (κ3) is 4.02. The molecule has 5 nitrogen and oxygen atoms in total. The van der Waals surface area contributed by atoms with Crippen LogP contribution in [0.3, 0.4) is 0 Å². The summed E-state index contributed by atoms with van der Waals surface area (Å²) in [5.74, 6) is 0.981. The fourth-order valence-electron chi connectivity index (χ4n) is 1.63. The average molecular weight is 282 g/mol. The molecule has 1 atom stereocenters. The maximum Gasteiger partial charge on any atom is 0.231 e. The minimum Gasteiger partial charge on any atom is -0.380 e. The van der Waals surface area contributed by atoms with Crippen molar-refractivity contribution < 1.29 is 9.26 Å². The highest BCUT2D eigenvalue weighted by molar-refractivity contribution is 6.30. The second kappa shape index (κ2) is 6.65. The van der Waals surface area contributed by atoms with E-state index in [0.29, 0.717) is 36.4 Å². The summed E-state index contributed by atoms with van der Waals surface area (Å²) in [4.78, 5) is 4.26. The van der Waals surface area contributed by atoms with Crippen molar-refractivity contribution in [1.29, 1.82) is 0 Å². The van der Waals surface area contributed by atoms with Crippen molar-refractivity contribution in [2.45, 2.75) is 19.4 Å². The van der Waals surface area contributed by atoms with Crippen LogP contribution in [-0.2, 0) is 11.2 Å². The molecule has 0 aliphatic heterocycles. The van der Waals surface area contributed by atoms with Gasteiger partial charge < -0.3 is 15.0 Å². The zero-order chi connectivity index (χ0) is 13.7. The first-order valence-electron chi connectivity index (χ1n) is 6.09. The second-order valence-electron chi connectivity index (χ2n) is 4.12. The maximum atomic E-state index is 5.92. The molecular weight excluding hydrogens is 266 g/mol. The largest absolute Gasteiger partial charge is 0.380 e. The molecule has 102 valence electrons. The van der Waals surface area contributed by atoms with Crippen molar-refractivity contribution in [3.63, 3.8) is 0 Å². The summed E-state index contributed by atoms with van der Waals surface area (Å²) < 4.78 is 10.4. The van der Waals surface area contributed by atoms with Gasteiger partial charge in [0.05, 0.1) is 19.1 Å². The van der Waals surface area contributed by atoms with Crippen LogP contribution in [-0.4, -0.2) is 23.4 Å². The summed E-state index contributed by atoms with van der Waals surface area (Å²) in [6, 6.07) is 7.16. The van der Waals surface area contributed by atoms with Crippen LogP contribution in [0.4, 0.5) is 0 Å². The lowest BCUT2D eigenvalue weighted by Gasteiger charge is -2.05. The fourth-order valence-corrected chi connectivity index (χ4v) is 1.84. The first-order chi connectivity index (χ1) is 9.19. The Morgan fingerprint density at radius 3 is 3.05 bits per heavy atom. The molecule has 1 unspecified atom stereocenters. The van der Waals surface area contributed by atoms with Crippen LogP contribution in [0.2, 0.25) is 5.02 Å². The maximum absolute atomic E-state index is 5.92. The Kier molecular flexibility index (Phi) is 4.90. The van der Waals surface area contributed by atoms with Gasteiger partial charge in [0, 0.05) is 11.6 Å². The van der Waals surface area contributed by atoms with E-state index >= 15 is 0 Å². The molecule has 0 spiro atoms. The zero-order valence-corrected chi connectivity index (χ0v) is 11.4. The van der Waals surface area contributed by atoms with E-state index in [1.54, 1.807) is 0 Å². The molecule has 19 heavy (non-hydrogen) atoms. The van der Waals surface area contributed by atoms with Crippen LogP contribution < -0.4 is 5.73 Å². The molecule has 0 saturated heterocycles. The number of hydrogen-bond acceptors (Lipinski definition) is 5. The van der Waals surface area contributed by atoms with Gasteiger partial charge in [0.1, 0.15) is 0 Å². The first kappa shape index (κ1) is 14.0. The van der Waals surface area contributed by atoms with Gasteiger partial charge in [-0.05, 0) is 24.6 Å². The quantitative estimate of drug-likeness (QED) is 0.880. The van der Waals surface area contributed by atoms with Crippen molar-refractivity contribution in [3.05, 3.63) is 46.6 Å². The summed E-state index contributed by atoms with van der Waals surface area (Å²) in [6.07, 6.45) is 0.537. The van der Waals surface area contributed by atoms with E-state index in [9.17, 15) is 0 Å². The molecule has 0 aliphatic rings. The van der Waals surface area contributed by atoms with E-state index in [0.717, 1.165) is 5.56 Å². The van der Waals surface area contributed by atoms with E-state index in [1.165, 1.54) is 0 Å². The highest BCUT2D eigenvalue weighted by Gasteiger charge is 2.14. The van der Waals surface area contributed by atoms with Crippen molar-refractivity contribution in [2.75, 3.05) is 13.2 Å². The smallest absolute Gasteiger partial charge is 0.231 e. The van der Waals surface area contributed by atoms with Crippen molar-refractivity contribution in [3.8, 4) is 0 Å². The number of nitrogens with zero attached hydrogens (tertiary/aromatic N) is 2. The Bertz CT molecular complexity index is 530. The predicted octanol–water partition coefficient (Wildman–Crippen LogP) is 2.35. The number of hydrogen-bond donors (Lipinski definition) is 1. The molecule has 1 heterocycles. The minimum absolute atomic E-state index is 0.364. The molecule has 0 bridgehead atoms. The van der Waals surface area contributed by atoms with Crippen LogP contribution in [0.25, 0.3) is 0 Å². The summed E-state index contributed by atoms with van der Waals surface area (Å²) in [7, 11) is 0. The molecule has 2 N–H and O–H groups in total. The minimum atomic E-state index is -0.364. The Balaban J connectivity index is 2.01. The van der Waals surface area contributed by atoms with Gasteiger partial charge >= 0.3 is 0 Å². The van der Waals surface area contributed by atoms with Crippen LogP contribution in [0.15, 0.2) is 28.8 Å². The molecule has 2 aromatic rings. The molecule has 0 saturated carbocycles. The average Bonchev–Trinajstić information content (AvgIpc) is 2.84. The fraction of sp³-hybridized carbons (Fsp3) is 0.385. The monoisotopic (exact) mass is 281 g/mol. The summed E-state index contributed by atoms with van der Waals surface area (Å²) >= 11 is 5.92. The van der Waals surface area contributed by atoms with Crippen molar-refractivity contribution in [2.24, 2.45) is 5.73 Å². The number of nitrogens with two attached hydrogens (primary N) is 1. The van der Waals surface area contributed by atoms with Gasteiger partial charge in [0.2, 0.25) is 5.89 Å². The molecule has 0 radical (unpaired) electrons. The number of rotatable bonds is 6. The van der Waals surface area contributed by atoms with Crippen molar-refractivity contribution >= 4 is 11.6 Å². The summed E-state index contributed by atoms with van der Waals surface area (Å²) in [6.45, 7) is 2.90. The Morgan fingerprint density at radius 2 is 2.32 bits per heavy atom. The van der Waals surface area contributed by atoms with Gasteiger partial charge in [-0.25, -0.2) is 0 Å². The van der Waals surface area contributed by atoms with E-state index in [2.05, 4.69) is 10.1 Å². The second-order valence-corrected chi connectivity index (χ2v) is 4.56. The molecule has 1 aromatic heterocycles. The lowest BCUT2D eigenvalue weighted by Crippen LogP contribution is -2.18. The normalized spacial score (nSPS) is 12.6. The van der Waals surface area contributed by atoms with Gasteiger partial charge in [-0.15, -0.1) is 0 Å². The number of halogens is 1. The molecule has 6 heteroatoms. The predicted molar refractivity (Wildman–Crippen MR) is 72.0 cm³/mol. The van der Waals surface area contributed by atoms with Crippen LogP contribution in [0.1, 0.15) is 30.2 Å². The van der Waals surface area contributed by atoms with Gasteiger partial charge in [0.15, 0.2) is 5.82 Å². The van der Waals surface area contributed by atoms with Gasteiger partial charge in [-0.3, -0.25) is 0 Å². The van der Waals surface area contributed by atoms with Crippen LogP contribution in [0, 0.1) is 0 Å². The number of ether oxygens (including phenoxy) is 1. The summed E-state index contributed by atoms with van der Waals surface area (Å²) in [5, 5.41) is 4.55. The van der Waals surface area contributed by atoms with E-state index in [1.807, 2.05) is 31.2 Å². The third-order valence-electron chi connectivity index (χ3n) is 2.56. The van der Waals surface area contributed by atoms with Gasteiger partial charge in [0.25, 0.3) is 0 Å². The van der Waals surface area contributed by atoms with Gasteiger partial charge in [-0.1, -0.05) is 28.9 Å². The molecule has 0 aliphatic carbocycles. The molecule has 2 rings (SSSR count). The van der Waals surface area contributed by atoms with Crippen molar-refractivity contribution in [1.82, 2.24) is 10.1 Å². The highest BCUT2D eigenvalue weighted by Crippen LogP contribution is 2.15. The standard InChI is InChI=1S/C13H16ClN3O2/c1-2-18-8-11(15)13-16-12(19-17-13)7-9-4-3-5-10(14)6-9/h3-6,11H,2,7-8,15H2,1H3. The SMILES string of the molecule is CCOCC(N)c1noc(Cc2cccc(Cl)c2)n1. The van der Waals surface area contributed by atoms with Crippen LogP contribution >= 0.6 is 11.6 Å². The van der Waals surface area contributed by atoms with E-state index in [-0.39, 0.29) is 6.04 Å². The lowest BCUT2D eigenvalue weighted by molar-refractivity contribution is 0.130. The molecule has 0 fully saturated rings. The molecule has 0 amide bonds. The summed E-state index contributed by atoms with van der Waals surface area (Å²) in [5.41, 5.74) is 6.90. The first-order valence-corrected chi connectivity index (χ1v) is 6.47. The third-order valence-corrected chi connectivity index (χ3v) is 2.80. The highest BCUT2D eigenvalue weighted by atomic mass is 35.5. The number of aromatic nitrogens is 2. The van der Waals surface area contributed by atoms with E-state index < -0.39 is 0 Å². The Hall–Kier alpha value is -1.43. The number of benzene rings is 1. The lowest BCUT2D eigenvalue weighted by atomic mass is 10.1. The van der Waals surface area contributed by atoms with Crippen LogP contribution in [0.5, 0.6) is 0 Å². The molecule has 1 aromatic carbocycles.